The van der Waals surface area contributed by atoms with Crippen molar-refractivity contribution >= 4 is 27.3 Å². The first-order chi connectivity index (χ1) is 10.2. The Labute approximate surface area is 127 Å². The van der Waals surface area contributed by atoms with Gasteiger partial charge in [-0.05, 0) is 36.9 Å². The number of carbonyl (C=O) groups is 1. The predicted octanol–water partition coefficient (Wildman–Crippen LogP) is 3.89. The van der Waals surface area contributed by atoms with Crippen molar-refractivity contribution in [3.63, 3.8) is 0 Å². The Hall–Kier alpha value is -2.01. The average Bonchev–Trinajstić information content (AvgIpc) is 3.14. The van der Waals surface area contributed by atoms with E-state index in [1.54, 1.807) is 17.5 Å². The lowest BCUT2D eigenvalue weighted by molar-refractivity contribution is 0.0991. The quantitative estimate of drug-likeness (QED) is 0.671. The van der Waals surface area contributed by atoms with Crippen molar-refractivity contribution in [3.05, 3.63) is 47.2 Å². The molecule has 0 saturated heterocycles. The van der Waals surface area contributed by atoms with Gasteiger partial charge in [-0.1, -0.05) is 6.92 Å². The van der Waals surface area contributed by atoms with Gasteiger partial charge >= 0.3 is 0 Å². The summed E-state index contributed by atoms with van der Waals surface area (Å²) in [6, 6.07) is 6.16. The van der Waals surface area contributed by atoms with Gasteiger partial charge in [-0.2, -0.15) is 5.10 Å². The van der Waals surface area contributed by atoms with E-state index in [9.17, 15) is 4.79 Å². The Morgan fingerprint density at radius 1 is 1.43 bits per heavy atom. The van der Waals surface area contributed by atoms with Crippen LogP contribution in [0, 0.1) is 0 Å². The van der Waals surface area contributed by atoms with Gasteiger partial charge in [-0.15, -0.1) is 11.3 Å². The van der Waals surface area contributed by atoms with Crippen LogP contribution in [0.3, 0.4) is 0 Å². The zero-order chi connectivity index (χ0) is 14.8. The molecule has 0 N–H and O–H groups in total. The molecular formula is C16H17N3OS. The minimum atomic E-state index is 0.0622. The zero-order valence-corrected chi connectivity index (χ0v) is 12.9. The maximum atomic E-state index is 12.3. The summed E-state index contributed by atoms with van der Waals surface area (Å²) in [5.41, 5.74) is 2.41. The highest BCUT2D eigenvalue weighted by Gasteiger charge is 2.12. The summed E-state index contributed by atoms with van der Waals surface area (Å²) in [7, 11) is 0. The largest absolute Gasteiger partial charge is 0.294 e. The van der Waals surface area contributed by atoms with E-state index < -0.39 is 0 Å². The molecule has 3 aromatic rings. The van der Waals surface area contributed by atoms with E-state index in [1.807, 2.05) is 34.5 Å². The first-order valence-electron chi connectivity index (χ1n) is 7.08. The first kappa shape index (κ1) is 13.9. The molecule has 3 rings (SSSR count). The molecule has 21 heavy (non-hydrogen) atoms. The number of pyridine rings is 1. The second-order valence-electron chi connectivity index (χ2n) is 5.17. The second kappa shape index (κ2) is 5.77. The van der Waals surface area contributed by atoms with Crippen LogP contribution in [0.1, 0.15) is 42.4 Å². The van der Waals surface area contributed by atoms with E-state index in [2.05, 4.69) is 23.9 Å². The predicted molar refractivity (Wildman–Crippen MR) is 84.9 cm³/mol. The Morgan fingerprint density at radius 2 is 2.29 bits per heavy atom. The van der Waals surface area contributed by atoms with Gasteiger partial charge in [0, 0.05) is 24.0 Å². The van der Waals surface area contributed by atoms with Crippen molar-refractivity contribution in [2.45, 2.75) is 32.7 Å². The van der Waals surface area contributed by atoms with Crippen LogP contribution in [0.4, 0.5) is 0 Å². The SMILES string of the molecule is CCC(C)n1ccc(CC(=O)c2cnc3ccsc3c2)n1. The molecule has 0 aliphatic heterocycles. The maximum absolute atomic E-state index is 12.3. The minimum Gasteiger partial charge on any atom is -0.294 e. The molecule has 0 bridgehead atoms. The van der Waals surface area contributed by atoms with Crippen LogP contribution < -0.4 is 0 Å². The molecule has 0 aromatic carbocycles. The van der Waals surface area contributed by atoms with E-state index in [1.165, 1.54) is 0 Å². The molecule has 5 heteroatoms. The molecular weight excluding hydrogens is 282 g/mol. The molecule has 3 heterocycles. The zero-order valence-electron chi connectivity index (χ0n) is 12.1. The fourth-order valence-corrected chi connectivity index (χ4v) is 2.95. The lowest BCUT2D eigenvalue weighted by Gasteiger charge is -2.08. The van der Waals surface area contributed by atoms with Gasteiger partial charge in [0.15, 0.2) is 5.78 Å². The van der Waals surface area contributed by atoms with Crippen molar-refractivity contribution in [3.8, 4) is 0 Å². The summed E-state index contributed by atoms with van der Waals surface area (Å²) in [4.78, 5) is 16.7. The lowest BCUT2D eigenvalue weighted by Crippen LogP contribution is -2.08. The van der Waals surface area contributed by atoms with Gasteiger partial charge in [0.05, 0.1) is 22.3 Å². The van der Waals surface area contributed by atoms with Crippen LogP contribution in [0.5, 0.6) is 0 Å². The number of rotatable bonds is 5. The number of hydrogen-bond donors (Lipinski definition) is 0. The highest BCUT2D eigenvalue weighted by molar-refractivity contribution is 7.17. The molecule has 108 valence electrons. The van der Waals surface area contributed by atoms with Crippen LogP contribution in [-0.4, -0.2) is 20.5 Å². The van der Waals surface area contributed by atoms with E-state index in [-0.39, 0.29) is 5.78 Å². The molecule has 0 fully saturated rings. The van der Waals surface area contributed by atoms with Crippen molar-refractivity contribution in [1.82, 2.24) is 14.8 Å². The molecule has 4 nitrogen and oxygen atoms in total. The van der Waals surface area contributed by atoms with Crippen molar-refractivity contribution in [2.75, 3.05) is 0 Å². The Bertz CT molecular complexity index is 775. The van der Waals surface area contributed by atoms with Gasteiger partial charge in [0.1, 0.15) is 0 Å². The second-order valence-corrected chi connectivity index (χ2v) is 6.12. The fraction of sp³-hybridized carbons (Fsp3) is 0.312. The summed E-state index contributed by atoms with van der Waals surface area (Å²) >= 11 is 1.60. The molecule has 0 aliphatic rings. The Balaban J connectivity index is 1.77. The van der Waals surface area contributed by atoms with E-state index in [0.717, 1.165) is 22.3 Å². The summed E-state index contributed by atoms with van der Waals surface area (Å²) in [6.45, 7) is 4.24. The normalized spacial score (nSPS) is 12.7. The highest BCUT2D eigenvalue weighted by Crippen LogP contribution is 2.20. The highest BCUT2D eigenvalue weighted by atomic mass is 32.1. The third-order valence-electron chi connectivity index (χ3n) is 3.67. The molecule has 1 unspecified atom stereocenters. The smallest absolute Gasteiger partial charge is 0.170 e. The molecule has 0 spiro atoms. The number of nitrogens with zero attached hydrogens (tertiary/aromatic N) is 3. The van der Waals surface area contributed by atoms with Crippen LogP contribution in [-0.2, 0) is 6.42 Å². The molecule has 0 amide bonds. The van der Waals surface area contributed by atoms with E-state index in [4.69, 9.17) is 0 Å². The van der Waals surface area contributed by atoms with Gasteiger partial charge < -0.3 is 0 Å². The first-order valence-corrected chi connectivity index (χ1v) is 7.96. The molecule has 0 radical (unpaired) electrons. The third kappa shape index (κ3) is 2.88. The summed E-state index contributed by atoms with van der Waals surface area (Å²) < 4.78 is 2.97. The third-order valence-corrected chi connectivity index (χ3v) is 4.53. The number of fused-ring (bicyclic) bond motifs is 1. The van der Waals surface area contributed by atoms with Crippen LogP contribution in [0.2, 0.25) is 0 Å². The summed E-state index contributed by atoms with van der Waals surface area (Å²) in [6.07, 6.45) is 4.94. The maximum Gasteiger partial charge on any atom is 0.170 e. The number of thiophene rings is 1. The lowest BCUT2D eigenvalue weighted by atomic mass is 10.1. The molecule has 1 atom stereocenters. The Morgan fingerprint density at radius 3 is 3.10 bits per heavy atom. The van der Waals surface area contributed by atoms with Gasteiger partial charge in [-0.3, -0.25) is 14.5 Å². The van der Waals surface area contributed by atoms with Crippen LogP contribution in [0.15, 0.2) is 36.0 Å². The monoisotopic (exact) mass is 299 g/mol. The number of carbonyl (C=O) groups excluding carboxylic acids is 1. The average molecular weight is 299 g/mol. The fourth-order valence-electron chi connectivity index (χ4n) is 2.17. The van der Waals surface area contributed by atoms with E-state index in [0.29, 0.717) is 18.0 Å². The number of ketones is 1. The van der Waals surface area contributed by atoms with Crippen LogP contribution in [0.25, 0.3) is 10.2 Å². The van der Waals surface area contributed by atoms with Crippen LogP contribution >= 0.6 is 11.3 Å². The molecule has 0 saturated carbocycles. The summed E-state index contributed by atoms with van der Waals surface area (Å²) in [5, 5.41) is 6.46. The van der Waals surface area contributed by atoms with Gasteiger partial charge in [0.25, 0.3) is 0 Å². The van der Waals surface area contributed by atoms with Gasteiger partial charge in [-0.25, -0.2) is 0 Å². The summed E-state index contributed by atoms with van der Waals surface area (Å²) in [5.74, 6) is 0.0622. The minimum absolute atomic E-state index is 0.0622. The van der Waals surface area contributed by atoms with Crippen molar-refractivity contribution in [1.29, 1.82) is 0 Å². The topological polar surface area (TPSA) is 47.8 Å². The number of aromatic nitrogens is 3. The number of hydrogen-bond acceptors (Lipinski definition) is 4. The number of Topliss-reactive ketones (excluding diaryl/α,β-unsaturated/α-hetero) is 1. The molecule has 0 aliphatic carbocycles. The van der Waals surface area contributed by atoms with Crippen molar-refractivity contribution in [2.24, 2.45) is 0 Å². The Kier molecular flexibility index (Phi) is 3.84. The molecule has 3 aromatic heterocycles. The van der Waals surface area contributed by atoms with Gasteiger partial charge in [0.2, 0.25) is 0 Å². The standard InChI is InChI=1S/C16H17N3OS/c1-3-11(2)19-6-4-13(18-19)9-15(20)12-8-16-14(17-10-12)5-7-21-16/h4-8,10-11H,3,9H2,1-2H3. The van der Waals surface area contributed by atoms with Crippen molar-refractivity contribution < 1.29 is 4.79 Å². The van der Waals surface area contributed by atoms with E-state index >= 15 is 0 Å².